The van der Waals surface area contributed by atoms with Gasteiger partial charge in [-0.1, -0.05) is 66.7 Å². The number of nitrogens with one attached hydrogen (secondary N) is 2. The molecule has 0 bridgehead atoms. The number of fused-ring (bicyclic) bond motifs is 1. The Balaban J connectivity index is 1.35. The van der Waals surface area contributed by atoms with Crippen molar-refractivity contribution in [3.8, 4) is 0 Å². The molecule has 176 valence electrons. The molecule has 0 aliphatic carbocycles. The van der Waals surface area contributed by atoms with Gasteiger partial charge in [-0.15, -0.1) is 0 Å². The summed E-state index contributed by atoms with van der Waals surface area (Å²) in [5.74, 6) is 0.128. The maximum Gasteiger partial charge on any atom is 0.270 e. The number of aromatic amines is 1. The van der Waals surface area contributed by atoms with Gasteiger partial charge in [-0.05, 0) is 55.0 Å². The van der Waals surface area contributed by atoms with Gasteiger partial charge in [0.25, 0.3) is 11.8 Å². The van der Waals surface area contributed by atoms with Crippen LogP contribution in [0.3, 0.4) is 0 Å². The lowest BCUT2D eigenvalue weighted by Crippen LogP contribution is -2.43. The Morgan fingerprint density at radius 3 is 2.29 bits per heavy atom. The molecular formula is C30H29N3O2. The number of carbonyl (C=O) groups excluding carboxylic acids is 2. The van der Waals surface area contributed by atoms with Crippen molar-refractivity contribution in [1.82, 2.24) is 15.2 Å². The third-order valence-corrected chi connectivity index (χ3v) is 6.70. The molecule has 5 nitrogen and oxygen atoms in total. The Hall–Kier alpha value is -4.12. The van der Waals surface area contributed by atoms with E-state index < -0.39 is 0 Å². The van der Waals surface area contributed by atoms with E-state index in [9.17, 15) is 9.59 Å². The first-order valence-electron chi connectivity index (χ1n) is 12.1. The normalized spacial score (nSPS) is 14.7. The summed E-state index contributed by atoms with van der Waals surface area (Å²) in [5, 5.41) is 3.91. The van der Waals surface area contributed by atoms with Crippen LogP contribution in [0.2, 0.25) is 0 Å². The Bertz CT molecular complexity index is 1330. The first-order chi connectivity index (χ1) is 17.2. The lowest BCUT2D eigenvalue weighted by atomic mass is 9.90. The number of carbonyl (C=O) groups is 2. The molecule has 2 N–H and O–H groups in total. The molecule has 3 aromatic carbocycles. The molecule has 5 rings (SSSR count). The predicted octanol–water partition coefficient (Wildman–Crippen LogP) is 5.42. The number of likely N-dealkylation sites (tertiary alicyclic amines) is 1. The van der Waals surface area contributed by atoms with E-state index in [1.54, 1.807) is 18.2 Å². The highest BCUT2D eigenvalue weighted by molar-refractivity contribution is 6.06. The van der Waals surface area contributed by atoms with Gasteiger partial charge in [-0.3, -0.25) is 9.59 Å². The number of benzene rings is 3. The van der Waals surface area contributed by atoms with E-state index in [-0.39, 0.29) is 11.8 Å². The third kappa shape index (κ3) is 5.35. The van der Waals surface area contributed by atoms with Gasteiger partial charge in [0.2, 0.25) is 0 Å². The number of piperidine rings is 1. The van der Waals surface area contributed by atoms with E-state index in [0.717, 1.165) is 35.7 Å². The summed E-state index contributed by atoms with van der Waals surface area (Å²) in [7, 11) is 0. The molecule has 0 radical (unpaired) electrons. The zero-order valence-corrected chi connectivity index (χ0v) is 19.6. The van der Waals surface area contributed by atoms with Crippen LogP contribution in [0.4, 0.5) is 0 Å². The van der Waals surface area contributed by atoms with Crippen LogP contribution in [0.1, 0.15) is 34.3 Å². The molecule has 0 spiro atoms. The second kappa shape index (κ2) is 10.4. The fourth-order valence-electron chi connectivity index (χ4n) is 4.76. The molecule has 5 heteroatoms. The summed E-state index contributed by atoms with van der Waals surface area (Å²) in [4.78, 5) is 31.7. The second-order valence-corrected chi connectivity index (χ2v) is 9.09. The summed E-state index contributed by atoms with van der Waals surface area (Å²) < 4.78 is 0. The van der Waals surface area contributed by atoms with Gasteiger partial charge in [0, 0.05) is 41.3 Å². The lowest BCUT2D eigenvalue weighted by molar-refractivity contribution is -0.128. The van der Waals surface area contributed by atoms with Gasteiger partial charge in [-0.2, -0.15) is 0 Å². The minimum Gasteiger partial charge on any atom is -0.361 e. The van der Waals surface area contributed by atoms with Gasteiger partial charge < -0.3 is 15.2 Å². The third-order valence-electron chi connectivity index (χ3n) is 6.70. The van der Waals surface area contributed by atoms with Crippen LogP contribution in [0.25, 0.3) is 17.0 Å². The van der Waals surface area contributed by atoms with Crippen molar-refractivity contribution < 1.29 is 9.59 Å². The standard InChI is InChI=1S/C30H29N3O2/c34-29(24-11-5-2-6-12-24)32-28(20-25-21-31-27-14-8-7-13-26(25)27)30(35)33-17-15-23(16-18-33)19-22-9-3-1-4-10-22/h1-14,20-21,23,31H,15-19H2,(H,32,34)/b28-20-. The van der Waals surface area contributed by atoms with E-state index >= 15 is 0 Å². The molecule has 1 aliphatic heterocycles. The number of para-hydroxylation sites is 1. The van der Waals surface area contributed by atoms with Gasteiger partial charge in [0.1, 0.15) is 5.70 Å². The molecule has 0 atom stereocenters. The Morgan fingerprint density at radius 2 is 1.54 bits per heavy atom. The molecule has 0 saturated carbocycles. The first kappa shape index (κ1) is 22.7. The van der Waals surface area contributed by atoms with Crippen molar-refractivity contribution in [2.45, 2.75) is 19.3 Å². The van der Waals surface area contributed by atoms with Crippen molar-refractivity contribution in [3.05, 3.63) is 114 Å². The minimum absolute atomic E-state index is 0.141. The van der Waals surface area contributed by atoms with Crippen molar-refractivity contribution in [1.29, 1.82) is 0 Å². The van der Waals surface area contributed by atoms with Gasteiger partial charge in [0.15, 0.2) is 0 Å². The van der Waals surface area contributed by atoms with E-state index in [2.05, 4.69) is 34.6 Å². The zero-order chi connectivity index (χ0) is 24.0. The average molecular weight is 464 g/mol. The van der Waals surface area contributed by atoms with Crippen molar-refractivity contribution in [2.75, 3.05) is 13.1 Å². The molecular weight excluding hydrogens is 434 g/mol. The summed E-state index contributed by atoms with van der Waals surface area (Å²) >= 11 is 0. The largest absolute Gasteiger partial charge is 0.361 e. The smallest absolute Gasteiger partial charge is 0.270 e. The molecule has 1 aromatic heterocycles. The van der Waals surface area contributed by atoms with Gasteiger partial charge in [0.05, 0.1) is 0 Å². The highest BCUT2D eigenvalue weighted by Crippen LogP contribution is 2.24. The summed E-state index contributed by atoms with van der Waals surface area (Å²) in [5.41, 5.74) is 4.02. The van der Waals surface area contributed by atoms with Gasteiger partial charge >= 0.3 is 0 Å². The molecule has 2 amide bonds. The Morgan fingerprint density at radius 1 is 0.886 bits per heavy atom. The molecule has 2 heterocycles. The van der Waals surface area contributed by atoms with E-state index in [4.69, 9.17) is 0 Å². The molecule has 1 fully saturated rings. The Kier molecular flexibility index (Phi) is 6.75. The highest BCUT2D eigenvalue weighted by Gasteiger charge is 2.26. The van der Waals surface area contributed by atoms with Crippen LogP contribution in [0.15, 0.2) is 96.8 Å². The lowest BCUT2D eigenvalue weighted by Gasteiger charge is -2.32. The molecule has 35 heavy (non-hydrogen) atoms. The predicted molar refractivity (Wildman–Crippen MR) is 140 cm³/mol. The molecule has 1 saturated heterocycles. The van der Waals surface area contributed by atoms with E-state index in [1.165, 1.54) is 5.56 Å². The van der Waals surface area contributed by atoms with Gasteiger partial charge in [-0.25, -0.2) is 0 Å². The second-order valence-electron chi connectivity index (χ2n) is 9.09. The monoisotopic (exact) mass is 463 g/mol. The fourth-order valence-corrected chi connectivity index (χ4v) is 4.76. The van der Waals surface area contributed by atoms with Crippen LogP contribution < -0.4 is 5.32 Å². The maximum absolute atomic E-state index is 13.6. The molecule has 1 aliphatic rings. The van der Waals surface area contributed by atoms with Crippen LogP contribution in [-0.2, 0) is 11.2 Å². The van der Waals surface area contributed by atoms with Crippen molar-refractivity contribution >= 4 is 28.8 Å². The minimum atomic E-state index is -0.288. The van der Waals surface area contributed by atoms with Crippen LogP contribution in [0.5, 0.6) is 0 Å². The number of hydrogen-bond acceptors (Lipinski definition) is 2. The van der Waals surface area contributed by atoms with Crippen LogP contribution in [-0.4, -0.2) is 34.8 Å². The molecule has 0 unspecified atom stereocenters. The quantitative estimate of drug-likeness (QED) is 0.375. The number of aromatic nitrogens is 1. The Labute approximate surface area is 205 Å². The van der Waals surface area contributed by atoms with Crippen molar-refractivity contribution in [3.63, 3.8) is 0 Å². The summed E-state index contributed by atoms with van der Waals surface area (Å²) in [6, 6.07) is 27.4. The summed E-state index contributed by atoms with van der Waals surface area (Å²) in [6.07, 6.45) is 6.60. The number of amides is 2. The van der Waals surface area contributed by atoms with E-state index in [1.807, 2.05) is 59.6 Å². The van der Waals surface area contributed by atoms with Crippen LogP contribution in [0, 0.1) is 5.92 Å². The average Bonchev–Trinajstić information content (AvgIpc) is 3.32. The van der Waals surface area contributed by atoms with Crippen LogP contribution >= 0.6 is 0 Å². The maximum atomic E-state index is 13.6. The number of nitrogens with zero attached hydrogens (tertiary/aromatic N) is 1. The topological polar surface area (TPSA) is 65.2 Å². The molecule has 4 aromatic rings. The van der Waals surface area contributed by atoms with E-state index in [0.29, 0.717) is 30.3 Å². The highest BCUT2D eigenvalue weighted by atomic mass is 16.2. The van der Waals surface area contributed by atoms with Crippen molar-refractivity contribution in [2.24, 2.45) is 5.92 Å². The first-order valence-corrected chi connectivity index (χ1v) is 12.1. The summed E-state index contributed by atoms with van der Waals surface area (Å²) in [6.45, 7) is 1.37. The number of H-pyrrole nitrogens is 1. The SMILES string of the molecule is O=C(N/C(=C\c1c[nH]c2ccccc12)C(=O)N1CCC(Cc2ccccc2)CC1)c1ccccc1. The number of hydrogen-bond donors (Lipinski definition) is 2. The fraction of sp³-hybridized carbons (Fsp3) is 0.200. The number of rotatable bonds is 6. The zero-order valence-electron chi connectivity index (χ0n) is 19.6.